The van der Waals surface area contributed by atoms with Crippen LogP contribution in [-0.4, -0.2) is 22.4 Å². The number of hydrogen-bond acceptors (Lipinski definition) is 2. The quantitative estimate of drug-likeness (QED) is 0.640. The maximum absolute atomic E-state index is 9.34. The molecule has 0 aromatic carbocycles. The number of rotatable bonds is 5. The van der Waals surface area contributed by atoms with Crippen LogP contribution in [0.4, 0.5) is 0 Å². The van der Waals surface area contributed by atoms with Gasteiger partial charge in [0.25, 0.3) is 0 Å². The highest BCUT2D eigenvalue weighted by molar-refractivity contribution is 4.65. The smallest absolute Gasteiger partial charge is 0.0591 e. The minimum Gasteiger partial charge on any atom is -0.396 e. The van der Waals surface area contributed by atoms with Gasteiger partial charge in [-0.3, -0.25) is 0 Å². The van der Waals surface area contributed by atoms with Crippen molar-refractivity contribution in [2.75, 3.05) is 6.61 Å². The Balaban J connectivity index is 3.28. The summed E-state index contributed by atoms with van der Waals surface area (Å²) in [5.74, 6) is 0.373. The first-order valence-corrected chi connectivity index (χ1v) is 4.29. The lowest BCUT2D eigenvalue weighted by Crippen LogP contribution is -2.18. The molecule has 0 radical (unpaired) electrons. The van der Waals surface area contributed by atoms with Crippen molar-refractivity contribution in [3.05, 3.63) is 0 Å². The van der Waals surface area contributed by atoms with Crippen LogP contribution in [0.5, 0.6) is 0 Å². The monoisotopic (exact) mass is 160 g/mol. The van der Waals surface area contributed by atoms with Crippen molar-refractivity contribution >= 4 is 0 Å². The van der Waals surface area contributed by atoms with Crippen LogP contribution in [0.15, 0.2) is 0 Å². The van der Waals surface area contributed by atoms with Crippen LogP contribution in [0.1, 0.15) is 40.0 Å². The van der Waals surface area contributed by atoms with E-state index in [9.17, 15) is 5.11 Å². The van der Waals surface area contributed by atoms with E-state index < -0.39 is 5.60 Å². The summed E-state index contributed by atoms with van der Waals surface area (Å²) in [6.45, 7) is 5.91. The second kappa shape index (κ2) is 4.73. The highest BCUT2D eigenvalue weighted by atomic mass is 16.3. The van der Waals surface area contributed by atoms with Crippen LogP contribution in [-0.2, 0) is 0 Å². The Hall–Kier alpha value is -0.0800. The predicted octanol–water partition coefficient (Wildman–Crippen LogP) is 1.56. The van der Waals surface area contributed by atoms with Crippen molar-refractivity contribution in [1.82, 2.24) is 0 Å². The van der Waals surface area contributed by atoms with Crippen molar-refractivity contribution in [2.45, 2.75) is 45.6 Å². The van der Waals surface area contributed by atoms with Crippen LogP contribution >= 0.6 is 0 Å². The van der Waals surface area contributed by atoms with Gasteiger partial charge in [-0.2, -0.15) is 0 Å². The van der Waals surface area contributed by atoms with Gasteiger partial charge in [0.2, 0.25) is 0 Å². The Kier molecular flexibility index (Phi) is 4.69. The molecule has 2 N–H and O–H groups in total. The molecule has 0 aliphatic heterocycles. The molecular weight excluding hydrogens is 140 g/mol. The topological polar surface area (TPSA) is 40.5 Å². The first-order chi connectivity index (χ1) is 4.95. The average molecular weight is 160 g/mol. The van der Waals surface area contributed by atoms with E-state index in [1.807, 2.05) is 20.8 Å². The van der Waals surface area contributed by atoms with Gasteiger partial charge in [0, 0.05) is 6.61 Å². The molecular formula is C9H20O2. The van der Waals surface area contributed by atoms with E-state index in [0.717, 1.165) is 19.3 Å². The van der Waals surface area contributed by atoms with Crippen LogP contribution in [0, 0.1) is 5.92 Å². The summed E-state index contributed by atoms with van der Waals surface area (Å²) in [6, 6.07) is 0. The van der Waals surface area contributed by atoms with Gasteiger partial charge >= 0.3 is 0 Å². The Morgan fingerprint density at radius 1 is 1.36 bits per heavy atom. The van der Waals surface area contributed by atoms with E-state index in [-0.39, 0.29) is 6.61 Å². The SMILES string of the molecule is CC(CO)CCCC(C)(C)O. The zero-order valence-electron chi connectivity index (χ0n) is 7.80. The highest BCUT2D eigenvalue weighted by Crippen LogP contribution is 2.15. The molecule has 11 heavy (non-hydrogen) atoms. The Labute approximate surface area is 69.2 Å². The van der Waals surface area contributed by atoms with Crippen molar-refractivity contribution in [2.24, 2.45) is 5.92 Å². The molecule has 0 heterocycles. The van der Waals surface area contributed by atoms with Gasteiger partial charge in [-0.05, 0) is 32.6 Å². The fourth-order valence-corrected chi connectivity index (χ4v) is 0.974. The van der Waals surface area contributed by atoms with Gasteiger partial charge in [0.15, 0.2) is 0 Å². The average Bonchev–Trinajstić information content (AvgIpc) is 1.85. The molecule has 0 saturated carbocycles. The van der Waals surface area contributed by atoms with Crippen LogP contribution in [0.25, 0.3) is 0 Å². The van der Waals surface area contributed by atoms with Gasteiger partial charge in [0.05, 0.1) is 5.60 Å². The van der Waals surface area contributed by atoms with E-state index >= 15 is 0 Å². The summed E-state index contributed by atoms with van der Waals surface area (Å²) in [5, 5.41) is 18.0. The van der Waals surface area contributed by atoms with E-state index in [0.29, 0.717) is 5.92 Å². The third-order valence-electron chi connectivity index (χ3n) is 1.80. The third-order valence-corrected chi connectivity index (χ3v) is 1.80. The van der Waals surface area contributed by atoms with Gasteiger partial charge in [0.1, 0.15) is 0 Å². The lowest BCUT2D eigenvalue weighted by atomic mass is 9.97. The predicted molar refractivity (Wildman–Crippen MR) is 46.4 cm³/mol. The number of aliphatic hydroxyl groups is 2. The number of aliphatic hydroxyl groups excluding tert-OH is 1. The summed E-state index contributed by atoms with van der Waals surface area (Å²) in [4.78, 5) is 0. The molecule has 2 nitrogen and oxygen atoms in total. The van der Waals surface area contributed by atoms with E-state index in [1.54, 1.807) is 0 Å². The van der Waals surface area contributed by atoms with Gasteiger partial charge < -0.3 is 10.2 Å². The molecule has 0 aliphatic carbocycles. The first kappa shape index (κ1) is 10.9. The summed E-state index contributed by atoms with van der Waals surface area (Å²) >= 11 is 0. The third kappa shape index (κ3) is 7.82. The zero-order valence-corrected chi connectivity index (χ0v) is 7.80. The van der Waals surface area contributed by atoms with Gasteiger partial charge in [-0.1, -0.05) is 13.3 Å². The Bertz CT molecular complexity index is 94.2. The fraction of sp³-hybridized carbons (Fsp3) is 1.00. The standard InChI is InChI=1S/C9H20O2/c1-8(7-10)5-4-6-9(2,3)11/h8,10-11H,4-7H2,1-3H3. The zero-order chi connectivity index (χ0) is 8.91. The fourth-order valence-electron chi connectivity index (χ4n) is 0.974. The lowest BCUT2D eigenvalue weighted by Gasteiger charge is -2.17. The molecule has 0 rings (SSSR count). The lowest BCUT2D eigenvalue weighted by molar-refractivity contribution is 0.0658. The minimum absolute atomic E-state index is 0.256. The Morgan fingerprint density at radius 3 is 2.27 bits per heavy atom. The van der Waals surface area contributed by atoms with Gasteiger partial charge in [-0.25, -0.2) is 0 Å². The summed E-state index contributed by atoms with van der Waals surface area (Å²) in [7, 11) is 0. The maximum atomic E-state index is 9.34. The van der Waals surface area contributed by atoms with Crippen molar-refractivity contribution in [3.8, 4) is 0 Å². The van der Waals surface area contributed by atoms with E-state index in [1.165, 1.54) is 0 Å². The van der Waals surface area contributed by atoms with E-state index in [4.69, 9.17) is 5.11 Å². The van der Waals surface area contributed by atoms with Crippen LogP contribution in [0.3, 0.4) is 0 Å². The second-order valence-electron chi connectivity index (χ2n) is 3.99. The Morgan fingerprint density at radius 2 is 1.91 bits per heavy atom. The maximum Gasteiger partial charge on any atom is 0.0591 e. The molecule has 0 amide bonds. The van der Waals surface area contributed by atoms with Crippen molar-refractivity contribution < 1.29 is 10.2 Å². The van der Waals surface area contributed by atoms with E-state index in [2.05, 4.69) is 0 Å². The molecule has 0 saturated heterocycles. The van der Waals surface area contributed by atoms with Crippen molar-refractivity contribution in [1.29, 1.82) is 0 Å². The summed E-state index contributed by atoms with van der Waals surface area (Å²) < 4.78 is 0. The largest absolute Gasteiger partial charge is 0.396 e. The molecule has 0 aliphatic rings. The molecule has 0 spiro atoms. The molecule has 0 fully saturated rings. The second-order valence-corrected chi connectivity index (χ2v) is 3.99. The molecule has 0 aromatic rings. The summed E-state index contributed by atoms with van der Waals surface area (Å²) in [5.41, 5.74) is -0.546. The highest BCUT2D eigenvalue weighted by Gasteiger charge is 2.12. The van der Waals surface area contributed by atoms with Gasteiger partial charge in [-0.15, -0.1) is 0 Å². The molecule has 68 valence electrons. The van der Waals surface area contributed by atoms with Crippen LogP contribution in [0.2, 0.25) is 0 Å². The molecule has 1 unspecified atom stereocenters. The molecule has 0 aromatic heterocycles. The molecule has 0 bridgehead atoms. The molecule has 1 atom stereocenters. The van der Waals surface area contributed by atoms with Crippen LogP contribution < -0.4 is 0 Å². The van der Waals surface area contributed by atoms with Crippen molar-refractivity contribution in [3.63, 3.8) is 0 Å². The summed E-state index contributed by atoms with van der Waals surface area (Å²) in [6.07, 6.45) is 2.81. The minimum atomic E-state index is -0.546. The molecule has 2 heteroatoms. The number of hydrogen-bond donors (Lipinski definition) is 2. The first-order valence-electron chi connectivity index (χ1n) is 4.29. The normalized spacial score (nSPS) is 15.0.